The maximum absolute atomic E-state index is 11.8. The molecule has 1 fully saturated rings. The molecule has 0 spiro atoms. The first kappa shape index (κ1) is 13.2. The van der Waals surface area contributed by atoms with E-state index in [1.807, 2.05) is 0 Å². The van der Waals surface area contributed by atoms with Gasteiger partial charge in [0.2, 0.25) is 0 Å². The first-order valence-electron chi connectivity index (χ1n) is 4.88. The summed E-state index contributed by atoms with van der Waals surface area (Å²) in [7, 11) is 0. The third kappa shape index (κ3) is 2.75. The molecule has 1 saturated heterocycles. The molecule has 6 nitrogen and oxygen atoms in total. The molecule has 0 aliphatic carbocycles. The normalized spacial score (nSPS) is 15.1. The summed E-state index contributed by atoms with van der Waals surface area (Å²) in [5.41, 5.74) is 0.177. The van der Waals surface area contributed by atoms with Gasteiger partial charge in [-0.2, -0.15) is 0 Å². The van der Waals surface area contributed by atoms with Gasteiger partial charge in [0.15, 0.2) is 0 Å². The van der Waals surface area contributed by atoms with Crippen molar-refractivity contribution in [2.45, 2.75) is 12.8 Å². The van der Waals surface area contributed by atoms with Crippen LogP contribution in [0.5, 0.6) is 0 Å². The number of nitrogens with zero attached hydrogens (tertiary/aromatic N) is 2. The van der Waals surface area contributed by atoms with Crippen LogP contribution in [0, 0.1) is 0 Å². The highest BCUT2D eigenvalue weighted by Crippen LogP contribution is 2.18. The van der Waals surface area contributed by atoms with Crippen LogP contribution in [0.4, 0.5) is 0 Å². The number of rotatable bonds is 2. The zero-order valence-electron chi connectivity index (χ0n) is 8.85. The van der Waals surface area contributed by atoms with E-state index in [-0.39, 0.29) is 18.4 Å². The molecular formula is C10H6Br2N2O4. The van der Waals surface area contributed by atoms with Crippen molar-refractivity contribution in [2.24, 2.45) is 0 Å². The molecule has 18 heavy (non-hydrogen) atoms. The Hall–Kier alpha value is -1.28. The van der Waals surface area contributed by atoms with Crippen LogP contribution < -0.4 is 0 Å². The van der Waals surface area contributed by atoms with Crippen LogP contribution in [-0.2, 0) is 14.4 Å². The Bertz CT molecular complexity index is 510. The molecule has 0 N–H and O–H groups in total. The van der Waals surface area contributed by atoms with Gasteiger partial charge in [0.25, 0.3) is 11.8 Å². The predicted octanol–water partition coefficient (Wildman–Crippen LogP) is 1.83. The van der Waals surface area contributed by atoms with Crippen molar-refractivity contribution < 1.29 is 19.2 Å². The molecule has 0 radical (unpaired) electrons. The average Bonchev–Trinajstić information content (AvgIpc) is 2.59. The highest BCUT2D eigenvalue weighted by atomic mass is 79.9. The van der Waals surface area contributed by atoms with Gasteiger partial charge in [0, 0.05) is 12.8 Å². The Balaban J connectivity index is 2.17. The molecule has 2 rings (SSSR count). The van der Waals surface area contributed by atoms with E-state index in [0.29, 0.717) is 14.3 Å². The van der Waals surface area contributed by atoms with Crippen LogP contribution in [0.25, 0.3) is 0 Å². The molecule has 0 unspecified atom stereocenters. The second-order valence-corrected chi connectivity index (χ2v) is 5.09. The Morgan fingerprint density at radius 3 is 2.17 bits per heavy atom. The number of aromatic nitrogens is 1. The van der Waals surface area contributed by atoms with Gasteiger partial charge in [-0.1, -0.05) is 0 Å². The van der Waals surface area contributed by atoms with Crippen LogP contribution in [0.1, 0.15) is 23.2 Å². The van der Waals surface area contributed by atoms with Gasteiger partial charge >= 0.3 is 5.97 Å². The topological polar surface area (TPSA) is 76.6 Å². The lowest BCUT2D eigenvalue weighted by Crippen LogP contribution is -2.32. The largest absolute Gasteiger partial charge is 0.364 e. The number of carbonyl (C=O) groups excluding carboxylic acids is 3. The molecule has 0 saturated carbocycles. The van der Waals surface area contributed by atoms with Gasteiger partial charge in [-0.3, -0.25) is 9.59 Å². The van der Waals surface area contributed by atoms with Gasteiger partial charge < -0.3 is 4.84 Å². The lowest BCUT2D eigenvalue weighted by molar-refractivity contribution is -0.172. The molecule has 1 aromatic rings. The number of hydrogen-bond acceptors (Lipinski definition) is 5. The summed E-state index contributed by atoms with van der Waals surface area (Å²) >= 11 is 6.24. The first-order valence-corrected chi connectivity index (χ1v) is 6.47. The summed E-state index contributed by atoms with van der Waals surface area (Å²) in [4.78, 5) is 43.0. The number of pyridine rings is 1. The summed E-state index contributed by atoms with van der Waals surface area (Å²) in [5.74, 6) is -1.82. The minimum atomic E-state index is -0.789. The molecule has 0 aromatic carbocycles. The Morgan fingerprint density at radius 1 is 1.17 bits per heavy atom. The molecule has 8 heteroatoms. The zero-order chi connectivity index (χ0) is 13.3. The standard InChI is InChI=1S/C10H6Br2N2O4/c11-6-3-5(4-7(12)13-6)10(17)18-14-8(15)1-2-9(14)16/h3-4H,1-2H2. The van der Waals surface area contributed by atoms with E-state index < -0.39 is 17.8 Å². The third-order valence-corrected chi connectivity index (χ3v) is 2.99. The van der Waals surface area contributed by atoms with E-state index in [4.69, 9.17) is 4.84 Å². The fourth-order valence-corrected chi connectivity index (χ4v) is 2.49. The van der Waals surface area contributed by atoms with Crippen LogP contribution in [0.15, 0.2) is 21.3 Å². The minimum Gasteiger partial charge on any atom is -0.325 e. The van der Waals surface area contributed by atoms with E-state index in [9.17, 15) is 14.4 Å². The van der Waals surface area contributed by atoms with Gasteiger partial charge in [-0.15, -0.1) is 5.06 Å². The number of hydroxylamine groups is 2. The highest BCUT2D eigenvalue weighted by Gasteiger charge is 2.33. The van der Waals surface area contributed by atoms with Crippen LogP contribution in [0.2, 0.25) is 0 Å². The second-order valence-electron chi connectivity index (χ2n) is 3.46. The summed E-state index contributed by atoms with van der Waals surface area (Å²) in [6.45, 7) is 0. The summed E-state index contributed by atoms with van der Waals surface area (Å²) in [6, 6.07) is 2.86. The zero-order valence-corrected chi connectivity index (χ0v) is 12.0. The predicted molar refractivity (Wildman–Crippen MR) is 66.1 cm³/mol. The molecule has 1 aliphatic heterocycles. The Kier molecular flexibility index (Phi) is 3.76. The molecule has 0 atom stereocenters. The van der Waals surface area contributed by atoms with Gasteiger partial charge in [0.1, 0.15) is 9.21 Å². The van der Waals surface area contributed by atoms with Crippen LogP contribution in [0.3, 0.4) is 0 Å². The molecule has 2 amide bonds. The summed E-state index contributed by atoms with van der Waals surface area (Å²) < 4.78 is 0.866. The SMILES string of the molecule is O=C(ON1C(=O)CCC1=O)c1cc(Br)nc(Br)c1. The van der Waals surface area contributed by atoms with E-state index in [1.54, 1.807) is 0 Å². The number of hydrogen-bond donors (Lipinski definition) is 0. The van der Waals surface area contributed by atoms with Gasteiger partial charge in [0.05, 0.1) is 5.56 Å². The fraction of sp³-hybridized carbons (Fsp3) is 0.200. The number of halogens is 2. The van der Waals surface area contributed by atoms with E-state index >= 15 is 0 Å². The molecule has 1 aliphatic rings. The maximum Gasteiger partial charge on any atom is 0.364 e. The van der Waals surface area contributed by atoms with Crippen LogP contribution >= 0.6 is 31.9 Å². The number of amides is 2. The summed E-state index contributed by atoms with van der Waals surface area (Å²) in [6.07, 6.45) is 0.131. The molecule has 94 valence electrons. The third-order valence-electron chi connectivity index (χ3n) is 2.18. The molecule has 1 aromatic heterocycles. The Labute approximate surface area is 119 Å². The molecule has 0 bridgehead atoms. The number of carbonyl (C=O) groups is 3. The van der Waals surface area contributed by atoms with Crippen molar-refractivity contribution in [3.8, 4) is 0 Å². The van der Waals surface area contributed by atoms with Crippen molar-refractivity contribution in [3.63, 3.8) is 0 Å². The first-order chi connectivity index (χ1) is 8.47. The number of imide groups is 1. The van der Waals surface area contributed by atoms with E-state index in [2.05, 4.69) is 36.8 Å². The van der Waals surface area contributed by atoms with Crippen molar-refractivity contribution in [1.82, 2.24) is 10.0 Å². The maximum atomic E-state index is 11.8. The average molecular weight is 378 g/mol. The monoisotopic (exact) mass is 376 g/mol. The van der Waals surface area contributed by atoms with Gasteiger partial charge in [-0.05, 0) is 44.0 Å². The fourth-order valence-electron chi connectivity index (χ4n) is 1.38. The van der Waals surface area contributed by atoms with Crippen molar-refractivity contribution >= 4 is 49.6 Å². The van der Waals surface area contributed by atoms with Crippen molar-refractivity contribution in [3.05, 3.63) is 26.9 Å². The van der Waals surface area contributed by atoms with Crippen molar-refractivity contribution in [1.29, 1.82) is 0 Å². The minimum absolute atomic E-state index is 0.0653. The van der Waals surface area contributed by atoms with E-state index in [1.165, 1.54) is 12.1 Å². The highest BCUT2D eigenvalue weighted by molar-refractivity contribution is 9.11. The molecule has 2 heterocycles. The lowest BCUT2D eigenvalue weighted by Gasteiger charge is -2.12. The van der Waals surface area contributed by atoms with Crippen LogP contribution in [-0.4, -0.2) is 27.8 Å². The van der Waals surface area contributed by atoms with Gasteiger partial charge in [-0.25, -0.2) is 9.78 Å². The van der Waals surface area contributed by atoms with E-state index in [0.717, 1.165) is 0 Å². The molecular weight excluding hydrogens is 372 g/mol. The quantitative estimate of drug-likeness (QED) is 0.580. The smallest absolute Gasteiger partial charge is 0.325 e. The lowest BCUT2D eigenvalue weighted by atomic mass is 10.3. The second kappa shape index (κ2) is 5.15. The van der Waals surface area contributed by atoms with Crippen molar-refractivity contribution in [2.75, 3.05) is 0 Å². The Morgan fingerprint density at radius 2 is 1.67 bits per heavy atom. The summed E-state index contributed by atoms with van der Waals surface area (Å²) in [5, 5.41) is 0.505.